The number of benzene rings is 1. The van der Waals surface area contributed by atoms with Gasteiger partial charge in [0.25, 0.3) is 0 Å². The summed E-state index contributed by atoms with van der Waals surface area (Å²) in [6.07, 6.45) is 1.59. The lowest BCUT2D eigenvalue weighted by atomic mass is 10.2. The normalized spacial score (nSPS) is 10.5. The van der Waals surface area contributed by atoms with Crippen LogP contribution in [0, 0.1) is 0 Å². The average Bonchev–Trinajstić information content (AvgIpc) is 2.30. The molecule has 1 aromatic heterocycles. The van der Waals surface area contributed by atoms with E-state index in [4.69, 9.17) is 0 Å². The first-order valence-corrected chi connectivity index (χ1v) is 5.00. The molecule has 78 valence electrons. The summed E-state index contributed by atoms with van der Waals surface area (Å²) in [6.45, 7) is 1.77. The van der Waals surface area contributed by atoms with Gasteiger partial charge in [-0.25, -0.2) is 9.97 Å². The van der Waals surface area contributed by atoms with Gasteiger partial charge in [-0.1, -0.05) is 12.1 Å². The predicted octanol–water partition coefficient (Wildman–Crippen LogP) is 1.26. The van der Waals surface area contributed by atoms with Crippen LogP contribution in [0.5, 0.6) is 0 Å². The van der Waals surface area contributed by atoms with E-state index >= 15 is 0 Å². The number of aromatic nitrogens is 2. The molecule has 0 aliphatic heterocycles. The van der Waals surface area contributed by atoms with Crippen molar-refractivity contribution in [2.45, 2.75) is 0 Å². The standard InChI is InChI=1S/C11H14N4/c1-12-6-7-13-11-9-4-2-3-5-10(9)14-8-15-11/h2-5,8,12H,6-7H2,1H3,(H,13,14,15). The molecule has 2 N–H and O–H groups in total. The molecule has 0 fully saturated rings. The molecule has 0 amide bonds. The maximum Gasteiger partial charge on any atom is 0.137 e. The number of nitrogens with one attached hydrogen (secondary N) is 2. The highest BCUT2D eigenvalue weighted by atomic mass is 15.0. The smallest absolute Gasteiger partial charge is 0.137 e. The third-order valence-electron chi connectivity index (χ3n) is 2.21. The van der Waals surface area contributed by atoms with Crippen molar-refractivity contribution in [1.82, 2.24) is 15.3 Å². The lowest BCUT2D eigenvalue weighted by Gasteiger charge is -2.07. The highest BCUT2D eigenvalue weighted by Crippen LogP contribution is 2.17. The fourth-order valence-corrected chi connectivity index (χ4v) is 1.45. The SMILES string of the molecule is CNCCNc1ncnc2ccccc12. The summed E-state index contributed by atoms with van der Waals surface area (Å²) in [5, 5.41) is 7.42. The number of rotatable bonds is 4. The average molecular weight is 202 g/mol. The number of para-hydroxylation sites is 1. The molecular formula is C11H14N4. The Morgan fingerprint density at radius 3 is 2.87 bits per heavy atom. The van der Waals surface area contributed by atoms with Gasteiger partial charge in [0.15, 0.2) is 0 Å². The Bertz CT molecular complexity index is 436. The van der Waals surface area contributed by atoms with E-state index in [1.54, 1.807) is 6.33 Å². The van der Waals surface area contributed by atoms with Crippen molar-refractivity contribution in [1.29, 1.82) is 0 Å². The summed E-state index contributed by atoms with van der Waals surface area (Å²) in [4.78, 5) is 8.43. The molecule has 0 saturated heterocycles. The van der Waals surface area contributed by atoms with Crippen LogP contribution in [0.1, 0.15) is 0 Å². The zero-order chi connectivity index (χ0) is 10.5. The Balaban J connectivity index is 2.26. The summed E-state index contributed by atoms with van der Waals surface area (Å²) in [5.74, 6) is 0.899. The number of likely N-dealkylation sites (N-methyl/N-ethyl adjacent to an activating group) is 1. The van der Waals surface area contributed by atoms with Gasteiger partial charge in [-0.15, -0.1) is 0 Å². The molecule has 2 rings (SSSR count). The number of hydrogen-bond donors (Lipinski definition) is 2. The van der Waals surface area contributed by atoms with Crippen LogP contribution < -0.4 is 10.6 Å². The van der Waals surface area contributed by atoms with Crippen LogP contribution in [-0.2, 0) is 0 Å². The Hall–Kier alpha value is -1.68. The first kappa shape index (κ1) is 9.86. The van der Waals surface area contributed by atoms with Crippen LogP contribution in [0.2, 0.25) is 0 Å². The van der Waals surface area contributed by atoms with Crippen molar-refractivity contribution in [2.75, 3.05) is 25.5 Å². The van der Waals surface area contributed by atoms with E-state index in [-0.39, 0.29) is 0 Å². The molecular weight excluding hydrogens is 188 g/mol. The molecule has 0 aliphatic carbocycles. The number of hydrogen-bond acceptors (Lipinski definition) is 4. The van der Waals surface area contributed by atoms with Crippen molar-refractivity contribution >= 4 is 16.7 Å². The minimum atomic E-state index is 0.859. The number of nitrogens with zero attached hydrogens (tertiary/aromatic N) is 2. The molecule has 0 unspecified atom stereocenters. The first-order valence-electron chi connectivity index (χ1n) is 5.00. The van der Waals surface area contributed by atoms with Gasteiger partial charge in [-0.05, 0) is 19.2 Å². The largest absolute Gasteiger partial charge is 0.368 e. The van der Waals surface area contributed by atoms with Gasteiger partial charge in [0, 0.05) is 18.5 Å². The van der Waals surface area contributed by atoms with E-state index in [0.717, 1.165) is 29.8 Å². The zero-order valence-corrected chi connectivity index (χ0v) is 8.70. The third kappa shape index (κ3) is 2.22. The van der Waals surface area contributed by atoms with Gasteiger partial charge in [0.1, 0.15) is 12.1 Å². The van der Waals surface area contributed by atoms with Crippen LogP contribution in [-0.4, -0.2) is 30.1 Å². The van der Waals surface area contributed by atoms with E-state index in [9.17, 15) is 0 Å². The van der Waals surface area contributed by atoms with Crippen LogP contribution in [0.25, 0.3) is 10.9 Å². The molecule has 0 spiro atoms. The second-order valence-electron chi connectivity index (χ2n) is 3.27. The van der Waals surface area contributed by atoms with E-state index in [0.29, 0.717) is 0 Å². The van der Waals surface area contributed by atoms with E-state index in [2.05, 4.69) is 20.6 Å². The molecule has 0 bridgehead atoms. The summed E-state index contributed by atoms with van der Waals surface area (Å²) >= 11 is 0. The number of fused-ring (bicyclic) bond motifs is 1. The topological polar surface area (TPSA) is 49.8 Å². The molecule has 2 aromatic rings. The Labute approximate surface area is 88.7 Å². The molecule has 15 heavy (non-hydrogen) atoms. The lowest BCUT2D eigenvalue weighted by molar-refractivity contribution is 0.822. The summed E-state index contributed by atoms with van der Waals surface area (Å²) in [7, 11) is 1.93. The molecule has 0 aliphatic rings. The van der Waals surface area contributed by atoms with E-state index in [1.807, 2.05) is 31.3 Å². The van der Waals surface area contributed by atoms with Crippen LogP contribution in [0.3, 0.4) is 0 Å². The van der Waals surface area contributed by atoms with Crippen LogP contribution in [0.15, 0.2) is 30.6 Å². The number of anilines is 1. The molecule has 0 atom stereocenters. The van der Waals surface area contributed by atoms with Gasteiger partial charge >= 0.3 is 0 Å². The molecule has 0 radical (unpaired) electrons. The monoisotopic (exact) mass is 202 g/mol. The quantitative estimate of drug-likeness (QED) is 0.733. The lowest BCUT2D eigenvalue weighted by Crippen LogP contribution is -2.18. The minimum Gasteiger partial charge on any atom is -0.368 e. The van der Waals surface area contributed by atoms with E-state index in [1.165, 1.54) is 0 Å². The predicted molar refractivity (Wildman–Crippen MR) is 62.0 cm³/mol. The van der Waals surface area contributed by atoms with Gasteiger partial charge < -0.3 is 10.6 Å². The summed E-state index contributed by atoms with van der Waals surface area (Å²) in [6, 6.07) is 7.99. The highest BCUT2D eigenvalue weighted by molar-refractivity contribution is 5.88. The van der Waals surface area contributed by atoms with Crippen molar-refractivity contribution in [3.05, 3.63) is 30.6 Å². The van der Waals surface area contributed by atoms with Crippen molar-refractivity contribution in [3.63, 3.8) is 0 Å². The minimum absolute atomic E-state index is 0.859. The highest BCUT2D eigenvalue weighted by Gasteiger charge is 2.00. The fraction of sp³-hybridized carbons (Fsp3) is 0.273. The Kier molecular flexibility index (Phi) is 3.09. The molecule has 0 saturated carbocycles. The van der Waals surface area contributed by atoms with Crippen LogP contribution in [0.4, 0.5) is 5.82 Å². The zero-order valence-electron chi connectivity index (χ0n) is 8.70. The Morgan fingerprint density at radius 2 is 2.00 bits per heavy atom. The van der Waals surface area contributed by atoms with Gasteiger partial charge in [0.05, 0.1) is 5.52 Å². The van der Waals surface area contributed by atoms with Gasteiger partial charge in [-0.2, -0.15) is 0 Å². The second-order valence-corrected chi connectivity index (χ2v) is 3.27. The van der Waals surface area contributed by atoms with Crippen molar-refractivity contribution in [2.24, 2.45) is 0 Å². The molecule has 1 aromatic carbocycles. The maximum absolute atomic E-state index is 4.23. The van der Waals surface area contributed by atoms with Crippen LogP contribution >= 0.6 is 0 Å². The van der Waals surface area contributed by atoms with Crippen molar-refractivity contribution < 1.29 is 0 Å². The Morgan fingerprint density at radius 1 is 1.13 bits per heavy atom. The molecule has 1 heterocycles. The first-order chi connectivity index (χ1) is 7.42. The second kappa shape index (κ2) is 4.70. The fourth-order valence-electron chi connectivity index (χ4n) is 1.45. The van der Waals surface area contributed by atoms with Gasteiger partial charge in [-0.3, -0.25) is 0 Å². The molecule has 4 nitrogen and oxygen atoms in total. The van der Waals surface area contributed by atoms with Gasteiger partial charge in [0.2, 0.25) is 0 Å². The maximum atomic E-state index is 4.23. The summed E-state index contributed by atoms with van der Waals surface area (Å²) < 4.78 is 0. The van der Waals surface area contributed by atoms with Crippen molar-refractivity contribution in [3.8, 4) is 0 Å². The third-order valence-corrected chi connectivity index (χ3v) is 2.21. The van der Waals surface area contributed by atoms with E-state index < -0.39 is 0 Å². The summed E-state index contributed by atoms with van der Waals surface area (Å²) in [5.41, 5.74) is 0.972. The molecule has 4 heteroatoms.